The number of anilines is 1. The Balaban J connectivity index is 1.45. The minimum atomic E-state index is -1.49. The number of amides is 3. The molecule has 3 amide bonds. The van der Waals surface area contributed by atoms with Crippen molar-refractivity contribution in [3.8, 4) is 0 Å². The molecule has 46 heavy (non-hydrogen) atoms. The summed E-state index contributed by atoms with van der Waals surface area (Å²) in [5, 5.41) is 10.1. The second kappa shape index (κ2) is 13.0. The lowest BCUT2D eigenvalue weighted by Crippen LogP contribution is -2.55. The van der Waals surface area contributed by atoms with Gasteiger partial charge in [0.05, 0.1) is 28.8 Å². The van der Waals surface area contributed by atoms with Crippen molar-refractivity contribution in [2.75, 3.05) is 31.6 Å². The van der Waals surface area contributed by atoms with E-state index in [-0.39, 0.29) is 38.4 Å². The summed E-state index contributed by atoms with van der Waals surface area (Å²) >= 11 is 6.53. The van der Waals surface area contributed by atoms with Gasteiger partial charge in [0, 0.05) is 33.2 Å². The minimum Gasteiger partial charge on any atom is -0.455 e. The van der Waals surface area contributed by atoms with Gasteiger partial charge in [0.25, 0.3) is 5.91 Å². The summed E-state index contributed by atoms with van der Waals surface area (Å²) < 4.78 is 13.0. The number of para-hydroxylation sites is 1. The number of likely N-dealkylation sites (tertiary alicyclic amines) is 1. The summed E-state index contributed by atoms with van der Waals surface area (Å²) in [4.78, 5) is 61.0. The SMILES string of the molecule is C[C@@H]1[C@@H](c2ccccc2)OC(=O)[C@@H]2[C@H]3C(=O)N(CCCO)[C@@H]4C(=O)N(c5ccccc5Cl)CC=C[C@]34O[C@@H]2/C=C\CCC(=O)N1C. The van der Waals surface area contributed by atoms with Gasteiger partial charge in [-0.25, -0.2) is 0 Å². The van der Waals surface area contributed by atoms with Crippen LogP contribution in [0.3, 0.4) is 0 Å². The quantitative estimate of drug-likeness (QED) is 0.389. The Kier molecular flexibility index (Phi) is 9.05. The molecule has 10 nitrogen and oxygen atoms in total. The highest BCUT2D eigenvalue weighted by molar-refractivity contribution is 6.34. The number of fused-ring (bicyclic) bond motifs is 2. The molecule has 2 fully saturated rings. The van der Waals surface area contributed by atoms with Crippen LogP contribution >= 0.6 is 11.6 Å². The number of rotatable bonds is 5. The molecule has 11 heteroatoms. The summed E-state index contributed by atoms with van der Waals surface area (Å²) in [6.07, 6.45) is 6.19. The highest BCUT2D eigenvalue weighted by Crippen LogP contribution is 2.53. The topological polar surface area (TPSA) is 117 Å². The second-order valence-electron chi connectivity index (χ2n) is 12.2. The van der Waals surface area contributed by atoms with E-state index in [1.165, 1.54) is 9.80 Å². The maximum absolute atomic E-state index is 14.5. The van der Waals surface area contributed by atoms with Crippen LogP contribution in [0.4, 0.5) is 5.69 Å². The Morgan fingerprint density at radius 2 is 1.74 bits per heavy atom. The fourth-order valence-corrected chi connectivity index (χ4v) is 7.49. The van der Waals surface area contributed by atoms with Crippen LogP contribution in [-0.4, -0.2) is 89.1 Å². The predicted molar refractivity (Wildman–Crippen MR) is 171 cm³/mol. The second-order valence-corrected chi connectivity index (χ2v) is 12.6. The molecule has 1 spiro atoms. The van der Waals surface area contributed by atoms with E-state index in [9.17, 15) is 24.3 Å². The number of ether oxygens (including phenoxy) is 2. The number of aliphatic hydroxyl groups excluding tert-OH is 1. The van der Waals surface area contributed by atoms with Gasteiger partial charge < -0.3 is 29.3 Å². The van der Waals surface area contributed by atoms with Crippen molar-refractivity contribution >= 4 is 41.0 Å². The molecule has 4 heterocycles. The Bertz CT molecular complexity index is 1560. The lowest BCUT2D eigenvalue weighted by Gasteiger charge is -2.35. The molecule has 0 bridgehead atoms. The van der Waals surface area contributed by atoms with Crippen molar-refractivity contribution in [2.45, 2.75) is 56.1 Å². The number of hydrogen-bond acceptors (Lipinski definition) is 7. The molecule has 0 saturated carbocycles. The predicted octanol–water partition coefficient (Wildman–Crippen LogP) is 3.69. The van der Waals surface area contributed by atoms with Gasteiger partial charge in [-0.3, -0.25) is 19.2 Å². The van der Waals surface area contributed by atoms with Gasteiger partial charge in [-0.05, 0) is 37.5 Å². The van der Waals surface area contributed by atoms with Crippen molar-refractivity contribution < 1.29 is 33.8 Å². The van der Waals surface area contributed by atoms with Crippen LogP contribution in [0.15, 0.2) is 78.9 Å². The average molecular weight is 648 g/mol. The number of carbonyl (C=O) groups is 4. The molecule has 0 aliphatic carbocycles. The standard InChI is InChI=1S/C35H38ClN3O7/c1-22-30(23-12-4-3-5-13-23)45-34(44)28-26(16-8-9-17-27(41)37(22)2)46-35-18-10-19-38(25-15-7-6-14-24(25)36)33(43)31(35)39(20-11-21-40)32(42)29(28)35/h3-8,10,12-16,18,22,26,28-31,40H,9,11,17,19-21H2,1-2H3/b16-8-/t22-,26-,28+,29+,30+,31-,35+/m1/s1. The van der Waals surface area contributed by atoms with Crippen LogP contribution in [0, 0.1) is 11.8 Å². The van der Waals surface area contributed by atoms with E-state index in [0.717, 1.165) is 0 Å². The van der Waals surface area contributed by atoms with Crippen molar-refractivity contribution in [3.63, 3.8) is 0 Å². The number of likely N-dealkylation sites (N-methyl/N-ethyl adjacent to an activating group) is 1. The summed E-state index contributed by atoms with van der Waals surface area (Å²) in [7, 11) is 1.69. The number of hydrogen-bond donors (Lipinski definition) is 1. The molecular weight excluding hydrogens is 610 g/mol. The van der Waals surface area contributed by atoms with E-state index in [1.807, 2.05) is 37.3 Å². The van der Waals surface area contributed by atoms with Crippen molar-refractivity contribution in [3.05, 3.63) is 89.5 Å². The van der Waals surface area contributed by atoms with Crippen LogP contribution < -0.4 is 4.90 Å². The average Bonchev–Trinajstić information content (AvgIpc) is 3.44. The summed E-state index contributed by atoms with van der Waals surface area (Å²) in [5.41, 5.74) is -0.286. The van der Waals surface area contributed by atoms with Gasteiger partial charge in [0.15, 0.2) is 0 Å². The summed E-state index contributed by atoms with van der Waals surface area (Å²) in [5.74, 6) is -3.71. The Labute approximate surface area is 273 Å². The van der Waals surface area contributed by atoms with E-state index in [0.29, 0.717) is 22.7 Å². The molecule has 2 aromatic rings. The smallest absolute Gasteiger partial charge is 0.313 e. The van der Waals surface area contributed by atoms with Gasteiger partial charge in [-0.1, -0.05) is 78.4 Å². The fraction of sp³-hybridized carbons (Fsp3) is 0.429. The normalized spacial score (nSPS) is 32.2. The molecule has 2 saturated heterocycles. The Morgan fingerprint density at radius 3 is 2.48 bits per heavy atom. The first-order valence-electron chi connectivity index (χ1n) is 15.7. The molecule has 2 aromatic carbocycles. The van der Waals surface area contributed by atoms with Gasteiger partial charge in [0.2, 0.25) is 11.8 Å². The molecule has 0 radical (unpaired) electrons. The molecule has 0 unspecified atom stereocenters. The lowest BCUT2D eigenvalue weighted by atomic mass is 9.77. The number of nitrogens with zero attached hydrogens (tertiary/aromatic N) is 3. The van der Waals surface area contributed by atoms with Crippen LogP contribution in [0.1, 0.15) is 37.9 Å². The Hall–Kier alpha value is -3.99. The number of cyclic esters (lactones) is 1. The summed E-state index contributed by atoms with van der Waals surface area (Å²) in [6, 6.07) is 14.6. The lowest BCUT2D eigenvalue weighted by molar-refractivity contribution is -0.164. The van der Waals surface area contributed by atoms with E-state index in [4.69, 9.17) is 21.1 Å². The number of carbonyl (C=O) groups excluding carboxylic acids is 4. The van der Waals surface area contributed by atoms with Gasteiger partial charge in [-0.2, -0.15) is 0 Å². The third kappa shape index (κ3) is 5.42. The first kappa shape index (κ1) is 32.0. The van der Waals surface area contributed by atoms with E-state index in [2.05, 4.69) is 0 Å². The third-order valence-corrected chi connectivity index (χ3v) is 9.95. The first-order chi connectivity index (χ1) is 22.2. The molecular formula is C35H38ClN3O7. The van der Waals surface area contributed by atoms with Crippen molar-refractivity contribution in [2.24, 2.45) is 11.8 Å². The zero-order chi connectivity index (χ0) is 32.6. The molecule has 1 N–H and O–H groups in total. The van der Waals surface area contributed by atoms with E-state index in [1.54, 1.807) is 60.5 Å². The maximum atomic E-state index is 14.5. The molecule has 6 rings (SSSR count). The third-order valence-electron chi connectivity index (χ3n) is 9.63. The summed E-state index contributed by atoms with van der Waals surface area (Å²) in [6.45, 7) is 1.91. The molecule has 4 aliphatic rings. The highest BCUT2D eigenvalue weighted by Gasteiger charge is 2.71. The molecule has 4 aliphatic heterocycles. The van der Waals surface area contributed by atoms with Crippen LogP contribution in [0.2, 0.25) is 5.02 Å². The molecule has 7 atom stereocenters. The fourth-order valence-electron chi connectivity index (χ4n) is 7.26. The van der Waals surface area contributed by atoms with Gasteiger partial charge in [0.1, 0.15) is 23.7 Å². The van der Waals surface area contributed by atoms with E-state index >= 15 is 0 Å². The first-order valence-corrected chi connectivity index (χ1v) is 16.1. The van der Waals surface area contributed by atoms with Crippen molar-refractivity contribution in [1.29, 1.82) is 0 Å². The largest absolute Gasteiger partial charge is 0.455 e. The Morgan fingerprint density at radius 1 is 1.00 bits per heavy atom. The van der Waals surface area contributed by atoms with Crippen LogP contribution in [0.25, 0.3) is 0 Å². The monoisotopic (exact) mass is 647 g/mol. The van der Waals surface area contributed by atoms with Gasteiger partial charge in [-0.15, -0.1) is 0 Å². The van der Waals surface area contributed by atoms with Crippen molar-refractivity contribution in [1.82, 2.24) is 9.80 Å². The minimum absolute atomic E-state index is 0.0937. The number of halogens is 1. The van der Waals surface area contributed by atoms with Crippen LogP contribution in [-0.2, 0) is 28.7 Å². The van der Waals surface area contributed by atoms with Crippen LogP contribution in [0.5, 0.6) is 0 Å². The van der Waals surface area contributed by atoms with E-state index < -0.39 is 59.5 Å². The highest BCUT2D eigenvalue weighted by atomic mass is 35.5. The molecule has 242 valence electrons. The number of benzene rings is 2. The number of esters is 1. The van der Waals surface area contributed by atoms with Gasteiger partial charge >= 0.3 is 5.97 Å². The zero-order valence-corrected chi connectivity index (χ0v) is 26.6. The zero-order valence-electron chi connectivity index (χ0n) is 25.8. The number of aliphatic hydroxyl groups is 1. The maximum Gasteiger partial charge on any atom is 0.313 e. The number of allylic oxidation sites excluding steroid dienone is 1. The molecule has 0 aromatic heterocycles.